The second-order valence-electron chi connectivity index (χ2n) is 10.3. The number of piperazine rings is 1. The normalized spacial score (nSPS) is 21.3. The molecule has 1 amide bonds. The highest BCUT2D eigenvalue weighted by atomic mass is 35.5. The second kappa shape index (κ2) is 9.03. The van der Waals surface area contributed by atoms with Crippen LogP contribution in [0.4, 0.5) is 10.5 Å². The van der Waals surface area contributed by atoms with Crippen molar-refractivity contribution in [2.24, 2.45) is 0 Å². The van der Waals surface area contributed by atoms with E-state index in [0.29, 0.717) is 37.0 Å². The van der Waals surface area contributed by atoms with Gasteiger partial charge in [0.25, 0.3) is 0 Å². The fourth-order valence-electron chi connectivity index (χ4n) is 6.14. The van der Waals surface area contributed by atoms with Crippen LogP contribution < -0.4 is 9.64 Å². The zero-order valence-corrected chi connectivity index (χ0v) is 21.8. The average molecular weight is 534 g/mol. The van der Waals surface area contributed by atoms with E-state index in [1.165, 1.54) is 4.90 Å². The predicted molar refractivity (Wildman–Crippen MR) is 145 cm³/mol. The SMILES string of the molecule is Cc1ccc2c(ncn2C2CCCCO2)c1-c1cc2ncc3c(c2cc1Cl)N1CCN(C(=O)O)C[C@@H]1CO3. The molecule has 196 valence electrons. The minimum Gasteiger partial charge on any atom is -0.488 e. The summed E-state index contributed by atoms with van der Waals surface area (Å²) in [6.07, 6.45) is 5.95. The second-order valence-corrected chi connectivity index (χ2v) is 10.7. The largest absolute Gasteiger partial charge is 0.488 e. The Labute approximate surface area is 224 Å². The molecule has 0 saturated carbocycles. The molecule has 10 heteroatoms. The summed E-state index contributed by atoms with van der Waals surface area (Å²) in [7, 11) is 0. The summed E-state index contributed by atoms with van der Waals surface area (Å²) in [5.41, 5.74) is 6.62. The van der Waals surface area contributed by atoms with Gasteiger partial charge in [0.05, 0.1) is 40.8 Å². The number of anilines is 1. The number of rotatable bonds is 2. The number of ether oxygens (including phenoxy) is 2. The number of carbonyl (C=O) groups is 1. The molecule has 38 heavy (non-hydrogen) atoms. The summed E-state index contributed by atoms with van der Waals surface area (Å²) in [5, 5.41) is 11.0. The first kappa shape index (κ1) is 23.5. The Bertz CT molecular complexity index is 1580. The number of hydrogen-bond acceptors (Lipinski definition) is 6. The molecule has 9 nitrogen and oxygen atoms in total. The van der Waals surface area contributed by atoms with Gasteiger partial charge in [-0.15, -0.1) is 0 Å². The Morgan fingerprint density at radius 2 is 2.08 bits per heavy atom. The molecular weight excluding hydrogens is 506 g/mol. The van der Waals surface area contributed by atoms with E-state index in [-0.39, 0.29) is 12.3 Å². The minimum atomic E-state index is -0.898. The molecule has 2 fully saturated rings. The van der Waals surface area contributed by atoms with E-state index in [1.807, 2.05) is 18.5 Å². The lowest BCUT2D eigenvalue weighted by molar-refractivity contribution is -0.0295. The van der Waals surface area contributed by atoms with E-state index in [9.17, 15) is 9.90 Å². The molecule has 3 aliphatic rings. The van der Waals surface area contributed by atoms with Gasteiger partial charge in [0, 0.05) is 47.8 Å². The number of aryl methyl sites for hydroxylation is 1. The number of benzene rings is 2. The number of carboxylic acid groups (broad SMARTS) is 1. The standard InChI is InChI=1S/C28H28ClN5O4/c1-16-5-6-22-26(31-15-34(22)24-4-2-3-9-37-24)25(16)18-11-21-19(10-20(18)29)27-23(12-30-21)38-14-17-13-32(28(35)36)7-8-33(17)27/h5-6,10-12,15,17,24H,2-4,7-9,13-14H2,1H3,(H,35,36)/t17-,24?/m1/s1. The molecule has 7 rings (SSSR count). The van der Waals surface area contributed by atoms with Crippen LogP contribution in [0.1, 0.15) is 31.1 Å². The van der Waals surface area contributed by atoms with Crippen molar-refractivity contribution in [2.45, 2.75) is 38.5 Å². The number of aromatic nitrogens is 3. The van der Waals surface area contributed by atoms with Gasteiger partial charge < -0.3 is 28.9 Å². The Morgan fingerprint density at radius 3 is 2.89 bits per heavy atom. The van der Waals surface area contributed by atoms with Gasteiger partial charge in [0.1, 0.15) is 12.8 Å². The van der Waals surface area contributed by atoms with Crippen LogP contribution >= 0.6 is 11.6 Å². The van der Waals surface area contributed by atoms with Gasteiger partial charge in [-0.1, -0.05) is 17.7 Å². The molecule has 2 aromatic heterocycles. The van der Waals surface area contributed by atoms with Crippen molar-refractivity contribution >= 4 is 45.3 Å². The van der Waals surface area contributed by atoms with Crippen LogP contribution in [0.15, 0.2) is 36.8 Å². The maximum atomic E-state index is 11.5. The summed E-state index contributed by atoms with van der Waals surface area (Å²) < 4.78 is 14.2. The number of halogens is 1. The quantitative estimate of drug-likeness (QED) is 0.365. The van der Waals surface area contributed by atoms with Crippen LogP contribution in [0.25, 0.3) is 33.1 Å². The lowest BCUT2D eigenvalue weighted by atomic mass is 9.96. The molecule has 0 bridgehead atoms. The molecule has 4 aromatic rings. The fourth-order valence-corrected chi connectivity index (χ4v) is 6.40. The average Bonchev–Trinajstić information content (AvgIpc) is 3.37. The van der Waals surface area contributed by atoms with E-state index in [0.717, 1.165) is 70.2 Å². The van der Waals surface area contributed by atoms with Crippen LogP contribution in [0.3, 0.4) is 0 Å². The van der Waals surface area contributed by atoms with E-state index >= 15 is 0 Å². The number of imidazole rings is 1. The van der Waals surface area contributed by atoms with Crippen molar-refractivity contribution < 1.29 is 19.4 Å². The third-order valence-corrected chi connectivity index (χ3v) is 8.37. The van der Waals surface area contributed by atoms with Crippen molar-refractivity contribution in [1.29, 1.82) is 0 Å². The Balaban J connectivity index is 1.33. The van der Waals surface area contributed by atoms with E-state index in [2.05, 4.69) is 28.5 Å². The van der Waals surface area contributed by atoms with Crippen molar-refractivity contribution in [3.8, 4) is 16.9 Å². The molecule has 2 atom stereocenters. The van der Waals surface area contributed by atoms with E-state index in [4.69, 9.17) is 31.0 Å². The number of pyridine rings is 1. The smallest absolute Gasteiger partial charge is 0.407 e. The van der Waals surface area contributed by atoms with E-state index < -0.39 is 6.09 Å². The molecule has 1 N–H and O–H groups in total. The first-order valence-corrected chi connectivity index (χ1v) is 13.4. The molecule has 0 spiro atoms. The van der Waals surface area contributed by atoms with Gasteiger partial charge >= 0.3 is 6.09 Å². The predicted octanol–water partition coefficient (Wildman–Crippen LogP) is 5.47. The van der Waals surface area contributed by atoms with Gasteiger partial charge in [0.2, 0.25) is 0 Å². The van der Waals surface area contributed by atoms with Crippen LogP contribution in [-0.4, -0.2) is 69.5 Å². The molecule has 5 heterocycles. The third kappa shape index (κ3) is 3.67. The number of hydrogen-bond donors (Lipinski definition) is 1. The monoisotopic (exact) mass is 533 g/mol. The van der Waals surface area contributed by atoms with Crippen LogP contribution in [0.2, 0.25) is 5.02 Å². The van der Waals surface area contributed by atoms with Gasteiger partial charge in [-0.25, -0.2) is 9.78 Å². The maximum absolute atomic E-state index is 11.5. The highest BCUT2D eigenvalue weighted by Gasteiger charge is 2.36. The van der Waals surface area contributed by atoms with E-state index in [1.54, 1.807) is 6.20 Å². The first-order chi connectivity index (χ1) is 18.5. The number of amides is 1. The minimum absolute atomic E-state index is 0.000824. The molecule has 0 aliphatic carbocycles. The molecular formula is C28H28ClN5O4. The van der Waals surface area contributed by atoms with Crippen molar-refractivity contribution in [1.82, 2.24) is 19.4 Å². The van der Waals surface area contributed by atoms with Gasteiger partial charge in [0.15, 0.2) is 5.75 Å². The summed E-state index contributed by atoms with van der Waals surface area (Å²) >= 11 is 7.02. The fraction of sp³-hybridized carbons (Fsp3) is 0.393. The lowest BCUT2D eigenvalue weighted by Gasteiger charge is -2.45. The van der Waals surface area contributed by atoms with Crippen LogP contribution in [0.5, 0.6) is 5.75 Å². The highest BCUT2D eigenvalue weighted by molar-refractivity contribution is 6.35. The number of fused-ring (bicyclic) bond motifs is 6. The maximum Gasteiger partial charge on any atom is 0.407 e. The lowest BCUT2D eigenvalue weighted by Crippen LogP contribution is -2.58. The third-order valence-electron chi connectivity index (χ3n) is 8.06. The van der Waals surface area contributed by atoms with Gasteiger partial charge in [-0.05, 0) is 49.9 Å². The molecule has 2 aromatic carbocycles. The molecule has 3 aliphatic heterocycles. The topological polar surface area (TPSA) is 93.0 Å². The first-order valence-electron chi connectivity index (χ1n) is 13.1. The summed E-state index contributed by atoms with van der Waals surface area (Å²) in [5.74, 6) is 0.700. The van der Waals surface area contributed by atoms with Gasteiger partial charge in [-0.3, -0.25) is 4.98 Å². The summed E-state index contributed by atoms with van der Waals surface area (Å²) in [6, 6.07) is 8.16. The van der Waals surface area contributed by atoms with Crippen LogP contribution in [0, 0.1) is 6.92 Å². The van der Waals surface area contributed by atoms with Crippen molar-refractivity contribution in [2.75, 3.05) is 37.7 Å². The zero-order chi connectivity index (χ0) is 26.0. The Kier molecular flexibility index (Phi) is 5.59. The molecule has 1 unspecified atom stereocenters. The molecule has 2 saturated heterocycles. The summed E-state index contributed by atoms with van der Waals surface area (Å²) in [6.45, 7) is 4.70. The number of nitrogens with zero attached hydrogens (tertiary/aromatic N) is 5. The van der Waals surface area contributed by atoms with Crippen molar-refractivity contribution in [3.05, 3.63) is 47.4 Å². The van der Waals surface area contributed by atoms with Gasteiger partial charge in [-0.2, -0.15) is 0 Å². The van der Waals surface area contributed by atoms with Crippen molar-refractivity contribution in [3.63, 3.8) is 0 Å². The molecule has 0 radical (unpaired) electrons. The Hall–Kier alpha value is -3.56. The highest BCUT2D eigenvalue weighted by Crippen LogP contribution is 2.44. The van der Waals surface area contributed by atoms with Crippen LogP contribution in [-0.2, 0) is 4.74 Å². The Morgan fingerprint density at radius 1 is 1.18 bits per heavy atom. The zero-order valence-electron chi connectivity index (χ0n) is 21.1. The summed E-state index contributed by atoms with van der Waals surface area (Å²) in [4.78, 5) is 24.8.